The van der Waals surface area contributed by atoms with Crippen molar-refractivity contribution in [3.8, 4) is 0 Å². The average molecular weight is 489 g/mol. The maximum atomic E-state index is 12.8. The molecule has 2 aromatic rings. The van der Waals surface area contributed by atoms with Crippen LogP contribution in [0.3, 0.4) is 0 Å². The van der Waals surface area contributed by atoms with Gasteiger partial charge in [-0.15, -0.1) is 23.1 Å². The monoisotopic (exact) mass is 488 g/mol. The summed E-state index contributed by atoms with van der Waals surface area (Å²) in [5, 5.41) is 5.92. The number of fused-ring (bicyclic) bond motifs is 2. The van der Waals surface area contributed by atoms with Gasteiger partial charge in [-0.05, 0) is 63.3 Å². The number of nitrogens with one attached hydrogen (secondary N) is 2. The van der Waals surface area contributed by atoms with E-state index in [1.54, 1.807) is 25.1 Å². The van der Waals surface area contributed by atoms with Crippen LogP contribution < -0.4 is 10.6 Å². The average Bonchev–Trinajstić information content (AvgIpc) is 3.16. The number of rotatable bonds is 6. The molecule has 0 saturated carbocycles. The molecule has 1 aliphatic carbocycles. The first kappa shape index (κ1) is 23.3. The van der Waals surface area contributed by atoms with E-state index in [4.69, 9.17) is 9.47 Å². The van der Waals surface area contributed by atoms with Gasteiger partial charge in [0.15, 0.2) is 6.10 Å². The molecule has 2 N–H and O–H groups in total. The van der Waals surface area contributed by atoms with Crippen LogP contribution in [0.15, 0.2) is 23.1 Å². The van der Waals surface area contributed by atoms with Gasteiger partial charge in [-0.2, -0.15) is 0 Å². The Morgan fingerprint density at radius 1 is 1.18 bits per heavy atom. The van der Waals surface area contributed by atoms with Crippen LogP contribution in [0.1, 0.15) is 57.8 Å². The molecule has 33 heavy (non-hydrogen) atoms. The predicted octanol–water partition coefficient (Wildman–Crippen LogP) is 4.03. The largest absolute Gasteiger partial charge is 0.462 e. The van der Waals surface area contributed by atoms with Gasteiger partial charge < -0.3 is 20.1 Å². The van der Waals surface area contributed by atoms with Crippen LogP contribution >= 0.6 is 23.1 Å². The molecule has 1 unspecified atom stereocenters. The second-order valence-electron chi connectivity index (χ2n) is 7.72. The van der Waals surface area contributed by atoms with Gasteiger partial charge in [0.1, 0.15) is 5.00 Å². The third-order valence-electron chi connectivity index (χ3n) is 5.39. The van der Waals surface area contributed by atoms with E-state index in [-0.39, 0.29) is 18.1 Å². The maximum absolute atomic E-state index is 12.8. The smallest absolute Gasteiger partial charge is 0.341 e. The van der Waals surface area contributed by atoms with E-state index in [1.807, 2.05) is 0 Å². The van der Waals surface area contributed by atoms with E-state index in [1.165, 1.54) is 30.0 Å². The van der Waals surface area contributed by atoms with Gasteiger partial charge in [0.25, 0.3) is 5.91 Å². The van der Waals surface area contributed by atoms with Crippen LogP contribution in [0.2, 0.25) is 0 Å². The Hall–Kier alpha value is -2.85. The van der Waals surface area contributed by atoms with Crippen molar-refractivity contribution >= 4 is 57.5 Å². The van der Waals surface area contributed by atoms with Gasteiger partial charge >= 0.3 is 11.9 Å². The molecule has 0 radical (unpaired) electrons. The number of amides is 2. The molecule has 2 aliphatic rings. The third kappa shape index (κ3) is 5.06. The number of aryl methyl sites for hydroxylation is 1. The van der Waals surface area contributed by atoms with E-state index >= 15 is 0 Å². The highest BCUT2D eigenvalue weighted by atomic mass is 32.2. The Morgan fingerprint density at radius 2 is 1.97 bits per heavy atom. The molecule has 174 valence electrons. The molecule has 0 fully saturated rings. The van der Waals surface area contributed by atoms with E-state index in [2.05, 4.69) is 10.6 Å². The molecule has 2 amide bonds. The van der Waals surface area contributed by atoms with Crippen molar-refractivity contribution in [3.63, 3.8) is 0 Å². The van der Waals surface area contributed by atoms with E-state index < -0.39 is 23.9 Å². The van der Waals surface area contributed by atoms with Gasteiger partial charge in [0.2, 0.25) is 5.91 Å². The molecule has 1 aromatic carbocycles. The lowest BCUT2D eigenvalue weighted by Crippen LogP contribution is -2.30. The molecule has 0 saturated heterocycles. The zero-order chi connectivity index (χ0) is 23.5. The van der Waals surface area contributed by atoms with Crippen molar-refractivity contribution in [1.29, 1.82) is 0 Å². The zero-order valence-electron chi connectivity index (χ0n) is 18.3. The fourth-order valence-corrected chi connectivity index (χ4v) is 5.85. The number of carbonyl (C=O) groups is 4. The van der Waals surface area contributed by atoms with E-state index in [9.17, 15) is 19.2 Å². The normalized spacial score (nSPS) is 15.5. The van der Waals surface area contributed by atoms with Crippen molar-refractivity contribution in [2.24, 2.45) is 0 Å². The minimum atomic E-state index is -1.09. The lowest BCUT2D eigenvalue weighted by Gasteiger charge is -2.18. The summed E-state index contributed by atoms with van der Waals surface area (Å²) in [6, 6.07) is 4.88. The SMILES string of the molecule is CCOC(=O)c1c(NC(=O)C(C)OC(=O)c2ccc3c(c2)NC(=O)CS3)sc2c1CCCC2. The fraction of sp³-hybridized carbons (Fsp3) is 0.391. The lowest BCUT2D eigenvalue weighted by atomic mass is 9.95. The molecule has 2 heterocycles. The zero-order valence-corrected chi connectivity index (χ0v) is 20.0. The standard InChI is InChI=1S/C23H24N2O6S2/c1-3-30-23(29)19-14-6-4-5-7-16(14)33-21(19)25-20(27)12(2)31-22(28)13-8-9-17-15(10-13)24-18(26)11-32-17/h8-10,12H,3-7,11H2,1-2H3,(H,24,26)(H,25,27). The predicted molar refractivity (Wildman–Crippen MR) is 126 cm³/mol. The summed E-state index contributed by atoms with van der Waals surface area (Å²) in [6.45, 7) is 3.45. The highest BCUT2D eigenvalue weighted by Gasteiger charge is 2.29. The number of hydrogen-bond donors (Lipinski definition) is 2. The van der Waals surface area contributed by atoms with Gasteiger partial charge in [-0.3, -0.25) is 9.59 Å². The van der Waals surface area contributed by atoms with Crippen LogP contribution in [-0.2, 0) is 31.9 Å². The van der Waals surface area contributed by atoms with Gasteiger partial charge in [-0.1, -0.05) is 0 Å². The Labute approximate surface area is 199 Å². The molecule has 4 rings (SSSR count). The number of ether oxygens (including phenoxy) is 2. The molecule has 8 nitrogen and oxygen atoms in total. The van der Waals surface area contributed by atoms with Crippen LogP contribution in [0.25, 0.3) is 0 Å². The number of thioether (sulfide) groups is 1. The Kier molecular flexibility index (Phi) is 7.04. The van der Waals surface area contributed by atoms with Crippen molar-refractivity contribution in [3.05, 3.63) is 39.8 Å². The number of hydrogen-bond acceptors (Lipinski definition) is 8. The molecule has 0 bridgehead atoms. The highest BCUT2D eigenvalue weighted by Crippen LogP contribution is 2.39. The molecular weight excluding hydrogens is 464 g/mol. The second-order valence-corrected chi connectivity index (χ2v) is 9.84. The Morgan fingerprint density at radius 3 is 2.76 bits per heavy atom. The second kappa shape index (κ2) is 9.96. The molecule has 1 aliphatic heterocycles. The molecule has 10 heteroatoms. The van der Waals surface area contributed by atoms with Crippen molar-refractivity contribution in [2.45, 2.75) is 50.5 Å². The number of carbonyl (C=O) groups excluding carboxylic acids is 4. The molecule has 1 aromatic heterocycles. The minimum absolute atomic E-state index is 0.137. The number of esters is 2. The van der Waals surface area contributed by atoms with Gasteiger partial charge in [0, 0.05) is 9.77 Å². The Balaban J connectivity index is 1.46. The van der Waals surface area contributed by atoms with E-state index in [0.717, 1.165) is 41.0 Å². The number of benzene rings is 1. The quantitative estimate of drug-likeness (QED) is 0.591. The van der Waals surface area contributed by atoms with Gasteiger partial charge in [-0.25, -0.2) is 9.59 Å². The van der Waals surface area contributed by atoms with Crippen LogP contribution in [0, 0.1) is 0 Å². The minimum Gasteiger partial charge on any atom is -0.462 e. The topological polar surface area (TPSA) is 111 Å². The van der Waals surface area contributed by atoms with Crippen LogP contribution in [0.5, 0.6) is 0 Å². The number of thiophene rings is 1. The van der Waals surface area contributed by atoms with Crippen LogP contribution in [0.4, 0.5) is 10.7 Å². The lowest BCUT2D eigenvalue weighted by molar-refractivity contribution is -0.123. The summed E-state index contributed by atoms with van der Waals surface area (Å²) in [6.07, 6.45) is 2.56. The molecular formula is C23H24N2O6S2. The fourth-order valence-electron chi connectivity index (χ4n) is 3.78. The van der Waals surface area contributed by atoms with Crippen molar-refractivity contribution in [1.82, 2.24) is 0 Å². The summed E-state index contributed by atoms with van der Waals surface area (Å²) in [4.78, 5) is 51.5. The van der Waals surface area contributed by atoms with Crippen molar-refractivity contribution < 1.29 is 28.7 Å². The first-order valence-electron chi connectivity index (χ1n) is 10.8. The third-order valence-corrected chi connectivity index (χ3v) is 7.67. The Bertz CT molecular complexity index is 1130. The molecule has 1 atom stereocenters. The summed E-state index contributed by atoms with van der Waals surface area (Å²) >= 11 is 2.77. The summed E-state index contributed by atoms with van der Waals surface area (Å²) in [5.74, 6) is -1.48. The summed E-state index contributed by atoms with van der Waals surface area (Å²) in [7, 11) is 0. The first-order chi connectivity index (χ1) is 15.9. The van der Waals surface area contributed by atoms with Gasteiger partial charge in [0.05, 0.1) is 29.2 Å². The maximum Gasteiger partial charge on any atom is 0.341 e. The highest BCUT2D eigenvalue weighted by molar-refractivity contribution is 8.00. The van der Waals surface area contributed by atoms with E-state index in [0.29, 0.717) is 22.0 Å². The number of anilines is 2. The summed E-state index contributed by atoms with van der Waals surface area (Å²) in [5.41, 5.74) is 2.13. The molecule has 0 spiro atoms. The summed E-state index contributed by atoms with van der Waals surface area (Å²) < 4.78 is 10.6. The van der Waals surface area contributed by atoms with Crippen molar-refractivity contribution in [2.75, 3.05) is 23.0 Å². The first-order valence-corrected chi connectivity index (χ1v) is 12.6. The van der Waals surface area contributed by atoms with Crippen LogP contribution in [-0.4, -0.2) is 42.2 Å².